The van der Waals surface area contributed by atoms with Gasteiger partial charge < -0.3 is 4.57 Å². The molecule has 6 heteroatoms. The first-order valence-electron chi connectivity index (χ1n) is 9.39. The van der Waals surface area contributed by atoms with Crippen molar-refractivity contribution in [1.29, 1.82) is 5.26 Å². The molecule has 0 saturated heterocycles. The number of halogens is 2. The Morgan fingerprint density at radius 1 is 1.10 bits per heavy atom. The summed E-state index contributed by atoms with van der Waals surface area (Å²) >= 11 is 0. The minimum atomic E-state index is -2.67. The number of aromatic nitrogens is 1. The second kappa shape index (κ2) is 8.42. The molecule has 3 rings (SSSR count). The van der Waals surface area contributed by atoms with Gasteiger partial charge in [0.15, 0.2) is 11.2 Å². The Morgan fingerprint density at radius 3 is 2.33 bits per heavy atom. The average Bonchev–Trinajstić information content (AvgIpc) is 2.73. The van der Waals surface area contributed by atoms with Crippen LogP contribution in [0.1, 0.15) is 59.1 Å². The number of alkyl halides is 2. The summed E-state index contributed by atoms with van der Waals surface area (Å²) < 4.78 is 28.2. The predicted molar refractivity (Wildman–Crippen MR) is 111 cm³/mol. The monoisotopic (exact) mass is 406 g/mol. The summed E-state index contributed by atoms with van der Waals surface area (Å²) in [5.74, 6) is -0.396. The third-order valence-corrected chi connectivity index (χ3v) is 5.23. The molecule has 0 saturated carbocycles. The van der Waals surface area contributed by atoms with Crippen molar-refractivity contribution in [2.45, 2.75) is 33.2 Å². The molecule has 0 spiro atoms. The number of ketones is 1. The Balaban J connectivity index is 2.25. The van der Waals surface area contributed by atoms with E-state index in [0.717, 1.165) is 5.56 Å². The second-order valence-corrected chi connectivity index (χ2v) is 7.13. The van der Waals surface area contributed by atoms with Crippen LogP contribution in [0.15, 0.2) is 59.5 Å². The quantitative estimate of drug-likeness (QED) is 0.530. The van der Waals surface area contributed by atoms with Gasteiger partial charge in [-0.25, -0.2) is 8.78 Å². The van der Waals surface area contributed by atoms with E-state index in [1.54, 1.807) is 29.7 Å². The van der Waals surface area contributed by atoms with Crippen LogP contribution in [0.25, 0.3) is 11.1 Å². The normalized spacial score (nSPS) is 11.9. The van der Waals surface area contributed by atoms with Crippen molar-refractivity contribution in [3.63, 3.8) is 0 Å². The summed E-state index contributed by atoms with van der Waals surface area (Å²) in [4.78, 5) is 25.2. The molecule has 152 valence electrons. The topological polar surface area (TPSA) is 62.9 Å². The molecule has 1 heterocycles. The zero-order valence-corrected chi connectivity index (χ0v) is 16.8. The molecule has 0 bridgehead atoms. The molecule has 4 nitrogen and oxygen atoms in total. The van der Waals surface area contributed by atoms with Gasteiger partial charge in [0.1, 0.15) is 0 Å². The highest BCUT2D eigenvalue weighted by Crippen LogP contribution is 2.29. The predicted octanol–water partition coefficient (Wildman–Crippen LogP) is 5.44. The molecule has 3 aromatic rings. The number of hydrogen-bond donors (Lipinski definition) is 0. The van der Waals surface area contributed by atoms with Gasteiger partial charge in [0.2, 0.25) is 0 Å². The van der Waals surface area contributed by atoms with Gasteiger partial charge >= 0.3 is 0 Å². The average molecular weight is 406 g/mol. The molecule has 0 aliphatic carbocycles. The summed E-state index contributed by atoms with van der Waals surface area (Å²) in [5.41, 5.74) is 1.87. The molecular weight excluding hydrogens is 386 g/mol. The van der Waals surface area contributed by atoms with Gasteiger partial charge in [-0.2, -0.15) is 5.26 Å². The molecule has 30 heavy (non-hydrogen) atoms. The first-order chi connectivity index (χ1) is 14.2. The SMILES string of the molecule is CC(=O)c1cn(C(C)c2ccc(C#N)cc2)c(C)c(-c2cccc(C(F)F)c2)c1=O. The number of Topliss-reactive ketones (excluding diaryl/α,β-unsaturated/α-hetero) is 1. The largest absolute Gasteiger partial charge is 0.343 e. The smallest absolute Gasteiger partial charge is 0.263 e. The van der Waals surface area contributed by atoms with Crippen LogP contribution in [-0.4, -0.2) is 10.4 Å². The highest BCUT2D eigenvalue weighted by Gasteiger charge is 2.21. The molecule has 0 fully saturated rings. The van der Waals surface area contributed by atoms with Crippen molar-refractivity contribution >= 4 is 5.78 Å². The second-order valence-electron chi connectivity index (χ2n) is 7.13. The zero-order chi connectivity index (χ0) is 22.0. The van der Waals surface area contributed by atoms with Gasteiger partial charge in [-0.05, 0) is 50.1 Å². The molecule has 0 aliphatic heterocycles. The minimum Gasteiger partial charge on any atom is -0.343 e. The standard InChI is InChI=1S/C24H20F2N2O2/c1-14(18-9-7-17(12-27)8-10-18)28-13-21(16(3)29)23(30)22(15(28)2)19-5-4-6-20(11-19)24(25)26/h4-11,13-14,24H,1-3H3. The molecule has 1 atom stereocenters. The number of carbonyl (C=O) groups is 1. The van der Waals surface area contributed by atoms with Crippen molar-refractivity contribution in [3.8, 4) is 17.2 Å². The van der Waals surface area contributed by atoms with Gasteiger partial charge in [0, 0.05) is 23.0 Å². The lowest BCUT2D eigenvalue weighted by atomic mass is 9.97. The maximum Gasteiger partial charge on any atom is 0.263 e. The van der Waals surface area contributed by atoms with Crippen molar-refractivity contribution in [2.24, 2.45) is 0 Å². The van der Waals surface area contributed by atoms with Crippen LogP contribution in [0.2, 0.25) is 0 Å². The highest BCUT2D eigenvalue weighted by atomic mass is 19.3. The van der Waals surface area contributed by atoms with E-state index in [4.69, 9.17) is 5.26 Å². The van der Waals surface area contributed by atoms with E-state index < -0.39 is 17.6 Å². The van der Waals surface area contributed by atoms with Gasteiger partial charge in [-0.3, -0.25) is 9.59 Å². The van der Waals surface area contributed by atoms with Crippen molar-refractivity contribution in [2.75, 3.05) is 0 Å². The lowest BCUT2D eigenvalue weighted by Crippen LogP contribution is -2.23. The highest BCUT2D eigenvalue weighted by molar-refractivity contribution is 5.95. The lowest BCUT2D eigenvalue weighted by Gasteiger charge is -2.23. The Hall–Kier alpha value is -3.59. The first kappa shape index (κ1) is 21.1. The van der Waals surface area contributed by atoms with Gasteiger partial charge in [0.25, 0.3) is 6.43 Å². The van der Waals surface area contributed by atoms with Crippen LogP contribution in [0.3, 0.4) is 0 Å². The number of nitriles is 1. The van der Waals surface area contributed by atoms with Crippen LogP contribution in [0.4, 0.5) is 8.78 Å². The molecule has 1 aromatic heterocycles. The molecule has 2 aromatic carbocycles. The third kappa shape index (κ3) is 3.92. The number of benzene rings is 2. The maximum absolute atomic E-state index is 13.2. The molecule has 0 aliphatic rings. The Kier molecular flexibility index (Phi) is 5.93. The fourth-order valence-electron chi connectivity index (χ4n) is 3.54. The number of pyridine rings is 1. The Labute approximate surface area is 173 Å². The van der Waals surface area contributed by atoms with Crippen molar-refractivity contribution < 1.29 is 13.6 Å². The van der Waals surface area contributed by atoms with Gasteiger partial charge in [-0.15, -0.1) is 0 Å². The molecule has 0 radical (unpaired) electrons. The minimum absolute atomic E-state index is 0.00135. The summed E-state index contributed by atoms with van der Waals surface area (Å²) in [6.07, 6.45) is -1.15. The lowest BCUT2D eigenvalue weighted by molar-refractivity contribution is 0.101. The van der Waals surface area contributed by atoms with E-state index >= 15 is 0 Å². The zero-order valence-electron chi connectivity index (χ0n) is 16.8. The first-order valence-corrected chi connectivity index (χ1v) is 9.39. The summed E-state index contributed by atoms with van der Waals surface area (Å²) in [6, 6.07) is 14.5. The van der Waals surface area contributed by atoms with Crippen LogP contribution >= 0.6 is 0 Å². The molecule has 0 N–H and O–H groups in total. The fourth-order valence-corrected chi connectivity index (χ4v) is 3.54. The Bertz CT molecular complexity index is 1210. The number of nitrogens with zero attached hydrogens (tertiary/aromatic N) is 2. The van der Waals surface area contributed by atoms with Crippen LogP contribution in [0, 0.1) is 18.3 Å². The molecular formula is C24H20F2N2O2. The number of rotatable bonds is 5. The summed E-state index contributed by atoms with van der Waals surface area (Å²) in [5, 5.41) is 9.00. The fraction of sp³-hybridized carbons (Fsp3) is 0.208. The van der Waals surface area contributed by atoms with Gasteiger partial charge in [0.05, 0.1) is 23.2 Å². The van der Waals surface area contributed by atoms with Crippen molar-refractivity contribution in [1.82, 2.24) is 4.57 Å². The molecule has 1 unspecified atom stereocenters. The third-order valence-electron chi connectivity index (χ3n) is 5.23. The van der Waals surface area contributed by atoms with Crippen LogP contribution in [0.5, 0.6) is 0 Å². The summed E-state index contributed by atoms with van der Waals surface area (Å²) in [6.45, 7) is 4.94. The van der Waals surface area contributed by atoms with Gasteiger partial charge in [-0.1, -0.05) is 30.3 Å². The van der Waals surface area contributed by atoms with E-state index in [1.807, 2.05) is 19.1 Å². The van der Waals surface area contributed by atoms with E-state index in [2.05, 4.69) is 6.07 Å². The van der Waals surface area contributed by atoms with Crippen molar-refractivity contribution in [3.05, 3.63) is 92.9 Å². The van der Waals surface area contributed by atoms with E-state index in [1.165, 1.54) is 31.3 Å². The van der Waals surface area contributed by atoms with E-state index in [9.17, 15) is 18.4 Å². The summed E-state index contributed by atoms with van der Waals surface area (Å²) in [7, 11) is 0. The van der Waals surface area contributed by atoms with E-state index in [0.29, 0.717) is 16.8 Å². The number of carbonyl (C=O) groups excluding carboxylic acids is 1. The number of hydrogen-bond acceptors (Lipinski definition) is 3. The molecule has 0 amide bonds. The Morgan fingerprint density at radius 2 is 1.77 bits per heavy atom. The van der Waals surface area contributed by atoms with Crippen LogP contribution < -0.4 is 5.43 Å². The van der Waals surface area contributed by atoms with E-state index in [-0.39, 0.29) is 22.7 Å². The maximum atomic E-state index is 13.2. The van der Waals surface area contributed by atoms with Crippen LogP contribution in [-0.2, 0) is 0 Å².